The number of nitrogens with zero attached hydrogens (tertiary/aromatic N) is 3. The van der Waals surface area contributed by atoms with Crippen molar-refractivity contribution in [2.24, 2.45) is 0 Å². The first kappa shape index (κ1) is 11.2. The minimum Gasteiger partial charge on any atom is -0.390 e. The monoisotopic (exact) mass is 258 g/mol. The zero-order chi connectivity index (χ0) is 12.7. The van der Waals surface area contributed by atoms with Gasteiger partial charge < -0.3 is 5.73 Å². The topological polar surface area (TPSA) is 56.2 Å². The minimum absolute atomic E-state index is 0.807. The number of pyridine rings is 1. The van der Waals surface area contributed by atoms with Crippen molar-refractivity contribution < 1.29 is 0 Å². The highest BCUT2D eigenvalue weighted by Gasteiger charge is 2.13. The van der Waals surface area contributed by atoms with Gasteiger partial charge in [-0.2, -0.15) is 0 Å². The summed E-state index contributed by atoms with van der Waals surface area (Å²) in [5, 5.41) is 9.26. The van der Waals surface area contributed by atoms with Crippen LogP contribution in [0.5, 0.6) is 0 Å². The SMILES string of the molecule is CCc1cc(-c2nnc3cc(C)ccn23)c(N)s1. The zero-order valence-corrected chi connectivity index (χ0v) is 11.2. The molecule has 0 radical (unpaired) electrons. The van der Waals surface area contributed by atoms with Gasteiger partial charge in [0.25, 0.3) is 0 Å². The smallest absolute Gasteiger partial charge is 0.171 e. The van der Waals surface area contributed by atoms with Gasteiger partial charge in [-0.25, -0.2) is 0 Å². The molecule has 3 rings (SSSR count). The quantitative estimate of drug-likeness (QED) is 0.769. The molecule has 0 bridgehead atoms. The summed E-state index contributed by atoms with van der Waals surface area (Å²) in [6.45, 7) is 4.17. The van der Waals surface area contributed by atoms with E-state index in [4.69, 9.17) is 5.73 Å². The highest BCUT2D eigenvalue weighted by Crippen LogP contribution is 2.33. The molecule has 0 amide bonds. The molecule has 0 saturated carbocycles. The van der Waals surface area contributed by atoms with E-state index in [2.05, 4.69) is 23.2 Å². The maximum absolute atomic E-state index is 6.07. The summed E-state index contributed by atoms with van der Waals surface area (Å²) in [6, 6.07) is 6.17. The predicted octanol–water partition coefficient (Wildman–Crippen LogP) is 2.91. The Morgan fingerprint density at radius 3 is 2.89 bits per heavy atom. The second kappa shape index (κ2) is 4.10. The first-order chi connectivity index (χ1) is 8.69. The van der Waals surface area contributed by atoms with Crippen LogP contribution in [0.25, 0.3) is 17.0 Å². The lowest BCUT2D eigenvalue weighted by molar-refractivity contribution is 1.11. The summed E-state index contributed by atoms with van der Waals surface area (Å²) in [7, 11) is 0. The number of rotatable bonds is 2. The minimum atomic E-state index is 0.807. The van der Waals surface area contributed by atoms with Crippen molar-refractivity contribution in [1.82, 2.24) is 14.6 Å². The van der Waals surface area contributed by atoms with Gasteiger partial charge in [-0.1, -0.05) is 6.92 Å². The first-order valence-electron chi connectivity index (χ1n) is 5.89. The summed E-state index contributed by atoms with van der Waals surface area (Å²) < 4.78 is 1.98. The maximum Gasteiger partial charge on any atom is 0.171 e. The number of hydrogen-bond donors (Lipinski definition) is 1. The third kappa shape index (κ3) is 1.67. The number of anilines is 1. The van der Waals surface area contributed by atoms with Crippen LogP contribution in [0.4, 0.5) is 5.00 Å². The van der Waals surface area contributed by atoms with Crippen molar-refractivity contribution in [3.05, 3.63) is 34.8 Å². The van der Waals surface area contributed by atoms with Gasteiger partial charge in [0, 0.05) is 11.1 Å². The van der Waals surface area contributed by atoms with E-state index in [9.17, 15) is 0 Å². The Morgan fingerprint density at radius 2 is 2.17 bits per heavy atom. The lowest BCUT2D eigenvalue weighted by Gasteiger charge is -1.99. The summed E-state index contributed by atoms with van der Waals surface area (Å²) >= 11 is 1.62. The molecule has 0 aromatic carbocycles. The number of nitrogens with two attached hydrogens (primary N) is 1. The molecule has 0 aliphatic rings. The standard InChI is InChI=1S/C13H14N4S/c1-3-9-7-10(12(14)18-9)13-16-15-11-6-8(2)4-5-17(11)13/h4-7H,3,14H2,1-2H3. The second-order valence-corrected chi connectivity index (χ2v) is 5.47. The molecule has 0 unspecified atom stereocenters. The second-order valence-electron chi connectivity index (χ2n) is 4.30. The molecule has 3 aromatic heterocycles. The first-order valence-corrected chi connectivity index (χ1v) is 6.70. The molecule has 3 aromatic rings. The van der Waals surface area contributed by atoms with Gasteiger partial charge in [0.05, 0.1) is 10.6 Å². The van der Waals surface area contributed by atoms with Crippen LogP contribution < -0.4 is 5.73 Å². The molecular formula is C13H14N4S. The Kier molecular flexibility index (Phi) is 2.56. The molecule has 0 aliphatic carbocycles. The van der Waals surface area contributed by atoms with Gasteiger partial charge in [0.1, 0.15) is 0 Å². The van der Waals surface area contributed by atoms with Gasteiger partial charge in [-0.05, 0) is 37.1 Å². The van der Waals surface area contributed by atoms with Crippen LogP contribution in [0, 0.1) is 6.92 Å². The van der Waals surface area contributed by atoms with Crippen LogP contribution in [0.1, 0.15) is 17.4 Å². The largest absolute Gasteiger partial charge is 0.390 e. The predicted molar refractivity (Wildman–Crippen MR) is 74.8 cm³/mol. The summed E-state index contributed by atoms with van der Waals surface area (Å²) in [4.78, 5) is 1.27. The van der Waals surface area contributed by atoms with Crippen LogP contribution in [-0.4, -0.2) is 14.6 Å². The van der Waals surface area contributed by atoms with E-state index in [-0.39, 0.29) is 0 Å². The van der Waals surface area contributed by atoms with Gasteiger partial charge >= 0.3 is 0 Å². The van der Waals surface area contributed by atoms with Crippen molar-refractivity contribution in [1.29, 1.82) is 0 Å². The molecule has 0 aliphatic heterocycles. The third-order valence-electron chi connectivity index (χ3n) is 2.97. The Balaban J connectivity index is 2.22. The van der Waals surface area contributed by atoms with E-state index in [0.29, 0.717) is 0 Å². The number of aryl methyl sites for hydroxylation is 2. The molecule has 3 heterocycles. The van der Waals surface area contributed by atoms with Crippen LogP contribution >= 0.6 is 11.3 Å². The Bertz CT molecular complexity index is 711. The van der Waals surface area contributed by atoms with Crippen LogP contribution in [-0.2, 0) is 6.42 Å². The lowest BCUT2D eigenvalue weighted by atomic mass is 10.2. The van der Waals surface area contributed by atoms with Gasteiger partial charge in [0.2, 0.25) is 0 Å². The highest BCUT2D eigenvalue weighted by atomic mass is 32.1. The van der Waals surface area contributed by atoms with Gasteiger partial charge in [-0.3, -0.25) is 4.40 Å². The molecule has 0 atom stereocenters. The molecule has 0 fully saturated rings. The van der Waals surface area contributed by atoms with E-state index in [1.165, 1.54) is 10.4 Å². The fourth-order valence-corrected chi connectivity index (χ4v) is 2.85. The van der Waals surface area contributed by atoms with E-state index >= 15 is 0 Å². The lowest BCUT2D eigenvalue weighted by Crippen LogP contribution is -1.91. The number of fused-ring (bicyclic) bond motifs is 1. The maximum atomic E-state index is 6.07. The number of nitrogen functional groups attached to an aromatic ring is 1. The Hall–Kier alpha value is -1.88. The normalized spacial score (nSPS) is 11.2. The Labute approximate surface area is 109 Å². The van der Waals surface area contributed by atoms with E-state index in [1.54, 1.807) is 11.3 Å². The average molecular weight is 258 g/mol. The molecule has 0 saturated heterocycles. The fraction of sp³-hybridized carbons (Fsp3) is 0.231. The highest BCUT2D eigenvalue weighted by molar-refractivity contribution is 7.16. The number of thiophene rings is 1. The summed E-state index contributed by atoms with van der Waals surface area (Å²) in [5.74, 6) is 0.818. The van der Waals surface area contributed by atoms with E-state index in [1.807, 2.05) is 29.7 Å². The molecule has 5 heteroatoms. The Morgan fingerprint density at radius 1 is 1.33 bits per heavy atom. The van der Waals surface area contributed by atoms with Crippen molar-refractivity contribution in [2.45, 2.75) is 20.3 Å². The molecular weight excluding hydrogens is 244 g/mol. The van der Waals surface area contributed by atoms with Crippen molar-refractivity contribution in [3.63, 3.8) is 0 Å². The van der Waals surface area contributed by atoms with Crippen LogP contribution in [0.2, 0.25) is 0 Å². The van der Waals surface area contributed by atoms with Crippen LogP contribution in [0.15, 0.2) is 24.4 Å². The van der Waals surface area contributed by atoms with Crippen molar-refractivity contribution in [3.8, 4) is 11.4 Å². The molecule has 92 valence electrons. The van der Waals surface area contributed by atoms with Gasteiger partial charge in [-0.15, -0.1) is 21.5 Å². The summed E-state index contributed by atoms with van der Waals surface area (Å²) in [6.07, 6.45) is 2.98. The number of hydrogen-bond acceptors (Lipinski definition) is 4. The van der Waals surface area contributed by atoms with Crippen molar-refractivity contribution in [2.75, 3.05) is 5.73 Å². The molecule has 2 N–H and O–H groups in total. The molecule has 18 heavy (non-hydrogen) atoms. The van der Waals surface area contributed by atoms with Crippen LogP contribution in [0.3, 0.4) is 0 Å². The average Bonchev–Trinajstić information content (AvgIpc) is 2.91. The molecule has 4 nitrogen and oxygen atoms in total. The van der Waals surface area contributed by atoms with E-state index < -0.39 is 0 Å². The van der Waals surface area contributed by atoms with Crippen molar-refractivity contribution >= 4 is 22.0 Å². The number of aromatic nitrogens is 3. The zero-order valence-electron chi connectivity index (χ0n) is 10.3. The van der Waals surface area contributed by atoms with E-state index in [0.717, 1.165) is 28.5 Å². The molecule has 0 spiro atoms. The third-order valence-corrected chi connectivity index (χ3v) is 4.08. The fourth-order valence-electron chi connectivity index (χ4n) is 1.98. The summed E-state index contributed by atoms with van der Waals surface area (Å²) in [5.41, 5.74) is 9.08. The van der Waals surface area contributed by atoms with Gasteiger partial charge in [0.15, 0.2) is 11.5 Å².